The highest BCUT2D eigenvalue weighted by atomic mass is 127. The van der Waals surface area contributed by atoms with Gasteiger partial charge in [-0.3, -0.25) is 5.32 Å². The van der Waals surface area contributed by atoms with Crippen LogP contribution < -0.4 is 15.5 Å². The number of carbonyl (C=O) groups excluding carboxylic acids is 1. The maximum absolute atomic E-state index is 11.2. The van der Waals surface area contributed by atoms with Crippen LogP contribution in [0.2, 0.25) is 0 Å². The van der Waals surface area contributed by atoms with Gasteiger partial charge in [0.15, 0.2) is 5.96 Å². The number of guanidine groups is 1. The summed E-state index contributed by atoms with van der Waals surface area (Å²) in [5.74, 6) is 0.897. The molecular weight excluding hydrogens is 455 g/mol. The minimum absolute atomic E-state index is 0. The summed E-state index contributed by atoms with van der Waals surface area (Å²) in [5, 5.41) is 6.03. The van der Waals surface area contributed by atoms with Gasteiger partial charge in [-0.1, -0.05) is 30.3 Å². The van der Waals surface area contributed by atoms with Crippen molar-refractivity contribution in [3.63, 3.8) is 0 Å². The van der Waals surface area contributed by atoms with Crippen LogP contribution in [0.5, 0.6) is 0 Å². The summed E-state index contributed by atoms with van der Waals surface area (Å²) in [5.41, 5.74) is 4.36. The number of halogens is 1. The molecule has 0 aromatic heterocycles. The number of nitrogens with one attached hydrogen (secondary N) is 2. The van der Waals surface area contributed by atoms with E-state index in [1.54, 1.807) is 0 Å². The van der Waals surface area contributed by atoms with Gasteiger partial charge in [-0.15, -0.1) is 24.0 Å². The number of hydrogen-bond donors (Lipinski definition) is 2. The highest BCUT2D eigenvalue weighted by Crippen LogP contribution is 2.27. The average molecular weight is 480 g/mol. The van der Waals surface area contributed by atoms with Gasteiger partial charge in [0.2, 0.25) is 0 Å². The smallest absolute Gasteiger partial charge is 0.411 e. The quantitative estimate of drug-likeness (QED) is 0.395. The zero-order valence-corrected chi connectivity index (χ0v) is 17.9. The summed E-state index contributed by atoms with van der Waals surface area (Å²) < 4.78 is 4.59. The molecule has 2 N–H and O–H groups in total. The second-order valence-corrected chi connectivity index (χ2v) is 6.01. The minimum Gasteiger partial charge on any atom is -0.453 e. The van der Waals surface area contributed by atoms with E-state index in [0.717, 1.165) is 31.0 Å². The third-order valence-electron chi connectivity index (χ3n) is 4.27. The second kappa shape index (κ2) is 10.1. The molecule has 0 atom stereocenters. The number of aliphatic imine (C=N–C) groups is 1. The van der Waals surface area contributed by atoms with Crippen molar-refractivity contribution in [3.05, 3.63) is 59.7 Å². The van der Waals surface area contributed by atoms with Gasteiger partial charge in [0, 0.05) is 24.5 Å². The average Bonchev–Trinajstić information content (AvgIpc) is 3.10. The predicted octanol–water partition coefficient (Wildman–Crippen LogP) is 4.01. The largest absolute Gasteiger partial charge is 0.453 e. The van der Waals surface area contributed by atoms with Gasteiger partial charge < -0.3 is 15.0 Å². The van der Waals surface area contributed by atoms with Crippen LogP contribution in [-0.2, 0) is 17.7 Å². The van der Waals surface area contributed by atoms with Gasteiger partial charge in [0.25, 0.3) is 0 Å². The Balaban J connectivity index is 0.00000261. The third kappa shape index (κ3) is 5.35. The molecule has 3 rings (SSSR count). The summed E-state index contributed by atoms with van der Waals surface area (Å²) in [7, 11) is 1.34. The molecule has 2 aromatic rings. The Morgan fingerprint density at radius 1 is 1.19 bits per heavy atom. The van der Waals surface area contributed by atoms with Crippen molar-refractivity contribution in [3.8, 4) is 0 Å². The number of methoxy groups -OCH3 is 1. The van der Waals surface area contributed by atoms with E-state index < -0.39 is 6.09 Å². The summed E-state index contributed by atoms with van der Waals surface area (Å²) in [6.07, 6.45) is 0.562. The molecule has 2 aromatic carbocycles. The highest BCUT2D eigenvalue weighted by molar-refractivity contribution is 14.0. The standard InChI is InChI=1S/C20H24N4O2.HI/c1-3-21-19(24-13-12-16-6-4-5-7-18(16)24)22-14-15-8-10-17(11-9-15)23-20(25)26-2;/h4-11H,3,12-14H2,1-2H3,(H,21,22)(H,23,25);1H. The minimum atomic E-state index is -0.474. The fourth-order valence-electron chi connectivity index (χ4n) is 2.98. The van der Waals surface area contributed by atoms with E-state index in [1.807, 2.05) is 24.3 Å². The lowest BCUT2D eigenvalue weighted by Gasteiger charge is -2.22. The number of nitrogens with zero attached hydrogens (tertiary/aromatic N) is 2. The molecule has 7 heteroatoms. The molecule has 0 unspecified atom stereocenters. The molecule has 0 fully saturated rings. The second-order valence-electron chi connectivity index (χ2n) is 6.01. The molecule has 144 valence electrons. The van der Waals surface area contributed by atoms with E-state index in [1.165, 1.54) is 18.4 Å². The number of rotatable bonds is 4. The molecule has 1 heterocycles. The van der Waals surface area contributed by atoms with Crippen LogP contribution in [0.3, 0.4) is 0 Å². The van der Waals surface area contributed by atoms with Crippen molar-refractivity contribution < 1.29 is 9.53 Å². The summed E-state index contributed by atoms with van der Waals surface area (Å²) >= 11 is 0. The van der Waals surface area contributed by atoms with Crippen LogP contribution in [-0.4, -0.2) is 32.3 Å². The van der Waals surface area contributed by atoms with Crippen molar-refractivity contribution in [1.29, 1.82) is 0 Å². The van der Waals surface area contributed by atoms with Gasteiger partial charge >= 0.3 is 6.09 Å². The first kappa shape index (κ1) is 21.0. The first-order valence-electron chi connectivity index (χ1n) is 8.79. The molecule has 0 radical (unpaired) electrons. The number of benzene rings is 2. The number of ether oxygens (including phenoxy) is 1. The topological polar surface area (TPSA) is 66.0 Å². The van der Waals surface area contributed by atoms with Crippen LogP contribution in [0, 0.1) is 0 Å². The van der Waals surface area contributed by atoms with E-state index in [0.29, 0.717) is 12.2 Å². The van der Waals surface area contributed by atoms with Crippen molar-refractivity contribution >= 4 is 47.4 Å². The lowest BCUT2D eigenvalue weighted by molar-refractivity contribution is 0.187. The van der Waals surface area contributed by atoms with Crippen LogP contribution in [0.15, 0.2) is 53.5 Å². The Kier molecular flexibility index (Phi) is 7.90. The lowest BCUT2D eigenvalue weighted by Crippen LogP contribution is -2.40. The van der Waals surface area contributed by atoms with E-state index >= 15 is 0 Å². The Hall–Kier alpha value is -2.29. The zero-order chi connectivity index (χ0) is 18.4. The lowest BCUT2D eigenvalue weighted by atomic mass is 10.2. The SMILES string of the molecule is CCNC(=NCc1ccc(NC(=O)OC)cc1)N1CCc2ccccc21.I. The molecule has 1 amide bonds. The Morgan fingerprint density at radius 2 is 1.93 bits per heavy atom. The van der Waals surface area contributed by atoms with Crippen LogP contribution in [0.4, 0.5) is 16.2 Å². The predicted molar refractivity (Wildman–Crippen MR) is 120 cm³/mol. The van der Waals surface area contributed by atoms with E-state index in [-0.39, 0.29) is 24.0 Å². The number of para-hydroxylation sites is 1. The van der Waals surface area contributed by atoms with Gasteiger partial charge in [0.05, 0.1) is 13.7 Å². The van der Waals surface area contributed by atoms with E-state index in [4.69, 9.17) is 4.99 Å². The molecule has 1 aliphatic rings. The molecule has 27 heavy (non-hydrogen) atoms. The van der Waals surface area contributed by atoms with Crippen LogP contribution in [0.1, 0.15) is 18.1 Å². The van der Waals surface area contributed by atoms with E-state index in [2.05, 4.69) is 51.5 Å². The summed E-state index contributed by atoms with van der Waals surface area (Å²) in [4.78, 5) is 18.3. The number of fused-ring (bicyclic) bond motifs is 1. The molecular formula is C20H25IN4O2. The Morgan fingerprint density at radius 3 is 2.63 bits per heavy atom. The Labute approximate surface area is 177 Å². The fourth-order valence-corrected chi connectivity index (χ4v) is 2.98. The van der Waals surface area contributed by atoms with Gasteiger partial charge in [-0.25, -0.2) is 9.79 Å². The molecule has 6 nitrogen and oxygen atoms in total. The van der Waals surface area contributed by atoms with Gasteiger partial charge in [-0.05, 0) is 42.7 Å². The zero-order valence-electron chi connectivity index (χ0n) is 15.6. The van der Waals surface area contributed by atoms with Crippen LogP contribution >= 0.6 is 24.0 Å². The summed E-state index contributed by atoms with van der Waals surface area (Å²) in [6, 6.07) is 16.1. The summed E-state index contributed by atoms with van der Waals surface area (Å²) in [6.45, 7) is 4.40. The van der Waals surface area contributed by atoms with E-state index in [9.17, 15) is 4.79 Å². The first-order chi connectivity index (χ1) is 12.7. The first-order valence-corrected chi connectivity index (χ1v) is 8.79. The van der Waals surface area contributed by atoms with Gasteiger partial charge in [-0.2, -0.15) is 0 Å². The molecule has 0 saturated carbocycles. The van der Waals surface area contributed by atoms with Crippen LogP contribution in [0.25, 0.3) is 0 Å². The molecule has 0 aliphatic carbocycles. The normalized spacial score (nSPS) is 12.8. The number of amides is 1. The molecule has 0 spiro atoms. The number of hydrogen-bond acceptors (Lipinski definition) is 3. The maximum Gasteiger partial charge on any atom is 0.411 e. The fraction of sp³-hybridized carbons (Fsp3) is 0.300. The van der Waals surface area contributed by atoms with Crippen molar-refractivity contribution in [1.82, 2.24) is 5.32 Å². The third-order valence-corrected chi connectivity index (χ3v) is 4.27. The molecule has 0 saturated heterocycles. The van der Waals surface area contributed by atoms with Gasteiger partial charge in [0.1, 0.15) is 0 Å². The number of anilines is 2. The monoisotopic (exact) mass is 480 g/mol. The number of carbonyl (C=O) groups is 1. The van der Waals surface area contributed by atoms with Crippen molar-refractivity contribution in [2.24, 2.45) is 4.99 Å². The molecule has 0 bridgehead atoms. The maximum atomic E-state index is 11.2. The highest BCUT2D eigenvalue weighted by Gasteiger charge is 2.22. The molecule has 1 aliphatic heterocycles. The van der Waals surface area contributed by atoms with Crippen molar-refractivity contribution in [2.75, 3.05) is 30.4 Å². The Bertz CT molecular complexity index is 793. The van der Waals surface area contributed by atoms with Crippen molar-refractivity contribution in [2.45, 2.75) is 19.9 Å².